The van der Waals surface area contributed by atoms with Crippen LogP contribution in [0, 0.1) is 11.6 Å². The molecule has 2 aromatic heterocycles. The molecule has 0 amide bonds. The van der Waals surface area contributed by atoms with Gasteiger partial charge >= 0.3 is 6.43 Å². The Kier molecular flexibility index (Phi) is 3.82. The molecule has 0 aliphatic heterocycles. The van der Waals surface area contributed by atoms with Gasteiger partial charge in [0.1, 0.15) is 11.6 Å². The lowest BCUT2D eigenvalue weighted by molar-refractivity contribution is 0.116. The van der Waals surface area contributed by atoms with Crippen molar-refractivity contribution >= 4 is 5.95 Å². The molecular formula is C16H11F4N5O. The third-order valence-electron chi connectivity index (χ3n) is 4.04. The smallest absolute Gasteiger partial charge is 0.314 e. The second kappa shape index (κ2) is 6.04. The van der Waals surface area contributed by atoms with Crippen molar-refractivity contribution in [3.63, 3.8) is 0 Å². The molecule has 26 heavy (non-hydrogen) atoms. The van der Waals surface area contributed by atoms with Crippen molar-refractivity contribution < 1.29 is 22.0 Å². The van der Waals surface area contributed by atoms with E-state index in [1.807, 2.05) is 0 Å². The quantitative estimate of drug-likeness (QED) is 0.692. The van der Waals surface area contributed by atoms with Gasteiger partial charge in [0.15, 0.2) is 0 Å². The van der Waals surface area contributed by atoms with Crippen molar-refractivity contribution in [1.29, 1.82) is 0 Å². The highest BCUT2D eigenvalue weighted by Gasteiger charge is 2.45. The number of hydrogen-bond donors (Lipinski definition) is 1. The van der Waals surface area contributed by atoms with Gasteiger partial charge in [0.25, 0.3) is 11.8 Å². The highest BCUT2D eigenvalue weighted by Crippen LogP contribution is 2.48. The molecule has 0 radical (unpaired) electrons. The van der Waals surface area contributed by atoms with E-state index in [9.17, 15) is 17.6 Å². The Labute approximate surface area is 144 Å². The fourth-order valence-corrected chi connectivity index (χ4v) is 2.60. The minimum absolute atomic E-state index is 0.125. The molecule has 1 aliphatic rings. The number of nitrogens with zero attached hydrogens (tertiary/aromatic N) is 4. The van der Waals surface area contributed by atoms with Gasteiger partial charge in [-0.3, -0.25) is 0 Å². The maximum absolute atomic E-state index is 13.4. The first kappa shape index (κ1) is 16.4. The Morgan fingerprint density at radius 1 is 1.00 bits per heavy atom. The Morgan fingerprint density at radius 2 is 1.65 bits per heavy atom. The van der Waals surface area contributed by atoms with E-state index in [-0.39, 0.29) is 17.4 Å². The summed E-state index contributed by atoms with van der Waals surface area (Å²) >= 11 is 0. The van der Waals surface area contributed by atoms with Crippen LogP contribution in [0.25, 0.3) is 11.5 Å². The zero-order valence-electron chi connectivity index (χ0n) is 13.1. The molecule has 6 nitrogen and oxygen atoms in total. The fourth-order valence-electron chi connectivity index (χ4n) is 2.60. The summed E-state index contributed by atoms with van der Waals surface area (Å²) in [5.74, 6) is -2.00. The summed E-state index contributed by atoms with van der Waals surface area (Å²) in [4.78, 5) is 8.16. The highest BCUT2D eigenvalue weighted by molar-refractivity contribution is 5.51. The number of rotatable bonds is 5. The van der Waals surface area contributed by atoms with Gasteiger partial charge in [-0.2, -0.15) is 8.78 Å². The number of halogens is 4. The molecule has 1 aromatic carbocycles. The monoisotopic (exact) mass is 365 g/mol. The molecule has 10 heteroatoms. The van der Waals surface area contributed by atoms with Gasteiger partial charge in [0.05, 0.1) is 11.1 Å². The molecule has 0 unspecified atom stereocenters. The molecule has 0 spiro atoms. The predicted molar refractivity (Wildman–Crippen MR) is 81.2 cm³/mol. The average molecular weight is 365 g/mol. The third kappa shape index (κ3) is 3.09. The van der Waals surface area contributed by atoms with Crippen molar-refractivity contribution in [2.75, 3.05) is 5.32 Å². The topological polar surface area (TPSA) is 76.7 Å². The summed E-state index contributed by atoms with van der Waals surface area (Å²) in [6.45, 7) is 0. The standard InChI is InChI=1S/C16H11F4N5O/c17-10-3-9(4-11(18)5-10)16(1-2-16)23-15-21-6-8(7-22-15)13-24-25-14(26-13)12(19)20/h3-7,12H,1-2H2,(H,21,22,23). The maximum Gasteiger partial charge on any atom is 0.314 e. The summed E-state index contributed by atoms with van der Waals surface area (Å²) in [5, 5.41) is 9.80. The van der Waals surface area contributed by atoms with Gasteiger partial charge in [-0.25, -0.2) is 18.7 Å². The van der Waals surface area contributed by atoms with E-state index >= 15 is 0 Å². The molecule has 0 saturated heterocycles. The number of anilines is 1. The summed E-state index contributed by atoms with van der Waals surface area (Å²) in [6.07, 6.45) is 1.14. The summed E-state index contributed by atoms with van der Waals surface area (Å²) in [7, 11) is 0. The SMILES string of the molecule is Fc1cc(F)cc(C2(Nc3ncc(-c4nnc(C(F)F)o4)cn3)CC2)c1. The van der Waals surface area contributed by atoms with E-state index in [1.165, 1.54) is 24.5 Å². The van der Waals surface area contributed by atoms with Crippen LogP contribution in [0.4, 0.5) is 23.5 Å². The van der Waals surface area contributed by atoms with Gasteiger partial charge in [-0.15, -0.1) is 10.2 Å². The Balaban J connectivity index is 1.54. The van der Waals surface area contributed by atoms with E-state index in [0.29, 0.717) is 18.4 Å². The molecule has 2 heterocycles. The third-order valence-corrected chi connectivity index (χ3v) is 4.04. The minimum atomic E-state index is -2.86. The summed E-state index contributed by atoms with van der Waals surface area (Å²) in [6, 6.07) is 3.34. The van der Waals surface area contributed by atoms with Crippen LogP contribution >= 0.6 is 0 Å². The van der Waals surface area contributed by atoms with E-state index in [2.05, 4.69) is 25.5 Å². The zero-order chi connectivity index (χ0) is 18.3. The Hall–Kier alpha value is -3.04. The molecule has 1 saturated carbocycles. The van der Waals surface area contributed by atoms with Crippen LogP contribution in [0.2, 0.25) is 0 Å². The first-order valence-corrected chi connectivity index (χ1v) is 7.64. The molecule has 0 atom stereocenters. The minimum Gasteiger partial charge on any atom is -0.415 e. The number of alkyl halides is 2. The van der Waals surface area contributed by atoms with E-state index in [1.54, 1.807) is 0 Å². The second-order valence-corrected chi connectivity index (χ2v) is 5.91. The van der Waals surface area contributed by atoms with Crippen LogP contribution in [0.15, 0.2) is 35.0 Å². The first-order chi connectivity index (χ1) is 12.4. The van der Waals surface area contributed by atoms with Gasteiger partial charge in [-0.05, 0) is 30.5 Å². The summed E-state index contributed by atoms with van der Waals surface area (Å²) in [5.41, 5.74) is 0.121. The number of nitrogens with one attached hydrogen (secondary N) is 1. The lowest BCUT2D eigenvalue weighted by Crippen LogP contribution is -2.20. The number of hydrogen-bond acceptors (Lipinski definition) is 6. The predicted octanol–water partition coefficient (Wildman–Crippen LogP) is 3.84. The average Bonchev–Trinajstić information content (AvgIpc) is 3.20. The molecule has 1 fully saturated rings. The van der Waals surface area contributed by atoms with Crippen molar-refractivity contribution in [2.45, 2.75) is 24.8 Å². The molecular weight excluding hydrogens is 354 g/mol. The van der Waals surface area contributed by atoms with Crippen LogP contribution in [-0.4, -0.2) is 20.2 Å². The van der Waals surface area contributed by atoms with Gasteiger partial charge in [0, 0.05) is 18.5 Å². The number of benzene rings is 1. The van der Waals surface area contributed by atoms with Crippen molar-refractivity contribution in [1.82, 2.24) is 20.2 Å². The van der Waals surface area contributed by atoms with Gasteiger partial charge in [0.2, 0.25) is 5.95 Å². The second-order valence-electron chi connectivity index (χ2n) is 5.91. The van der Waals surface area contributed by atoms with Crippen molar-refractivity contribution in [2.24, 2.45) is 0 Å². The van der Waals surface area contributed by atoms with Crippen LogP contribution in [0.3, 0.4) is 0 Å². The molecule has 1 N–H and O–H groups in total. The van der Waals surface area contributed by atoms with E-state index in [4.69, 9.17) is 4.42 Å². The van der Waals surface area contributed by atoms with Crippen molar-refractivity contribution in [3.8, 4) is 11.5 Å². The van der Waals surface area contributed by atoms with Gasteiger partial charge in [-0.1, -0.05) is 0 Å². The fraction of sp³-hybridized carbons (Fsp3) is 0.250. The Morgan fingerprint density at radius 3 is 2.19 bits per heavy atom. The lowest BCUT2D eigenvalue weighted by Gasteiger charge is -2.18. The van der Waals surface area contributed by atoms with Gasteiger partial charge < -0.3 is 9.73 Å². The van der Waals surface area contributed by atoms with Crippen LogP contribution in [0.1, 0.15) is 30.7 Å². The first-order valence-electron chi connectivity index (χ1n) is 7.64. The largest absolute Gasteiger partial charge is 0.415 e. The van der Waals surface area contributed by atoms with Crippen molar-refractivity contribution in [3.05, 3.63) is 53.7 Å². The van der Waals surface area contributed by atoms with Crippen LogP contribution in [0.5, 0.6) is 0 Å². The molecule has 4 rings (SSSR count). The molecule has 1 aliphatic carbocycles. The van der Waals surface area contributed by atoms with E-state index < -0.39 is 29.5 Å². The Bertz CT molecular complexity index is 920. The lowest BCUT2D eigenvalue weighted by atomic mass is 10.0. The summed E-state index contributed by atoms with van der Waals surface area (Å²) < 4.78 is 56.7. The van der Waals surface area contributed by atoms with Crippen LogP contribution < -0.4 is 5.32 Å². The molecule has 134 valence electrons. The van der Waals surface area contributed by atoms with Crippen LogP contribution in [-0.2, 0) is 5.54 Å². The van der Waals surface area contributed by atoms with E-state index in [0.717, 1.165) is 6.07 Å². The highest BCUT2D eigenvalue weighted by atomic mass is 19.3. The molecule has 3 aromatic rings. The zero-order valence-corrected chi connectivity index (χ0v) is 13.1. The normalized spacial score (nSPS) is 15.3. The maximum atomic E-state index is 13.4. The molecule has 0 bridgehead atoms. The number of aromatic nitrogens is 4.